The summed E-state index contributed by atoms with van der Waals surface area (Å²) in [6, 6.07) is 5.76. The Bertz CT molecular complexity index is 772. The zero-order valence-electron chi connectivity index (χ0n) is 16.4. The summed E-state index contributed by atoms with van der Waals surface area (Å²) in [7, 11) is -3.06. The van der Waals surface area contributed by atoms with Gasteiger partial charge >= 0.3 is 6.61 Å². The van der Waals surface area contributed by atoms with Gasteiger partial charge < -0.3 is 20.5 Å². The van der Waals surface area contributed by atoms with E-state index in [-0.39, 0.29) is 47.4 Å². The van der Waals surface area contributed by atoms with E-state index in [9.17, 15) is 22.3 Å². The molecule has 7 nitrogen and oxygen atoms in total. The number of alkyl halides is 2. The van der Waals surface area contributed by atoms with Gasteiger partial charge in [0.2, 0.25) is 0 Å². The summed E-state index contributed by atoms with van der Waals surface area (Å²) in [5.41, 5.74) is 0.260. The second-order valence-corrected chi connectivity index (χ2v) is 9.25. The predicted octanol–water partition coefficient (Wildman–Crippen LogP) is 2.32. The molecule has 0 aromatic heterocycles. The molecule has 0 spiro atoms. The molecule has 0 bridgehead atoms. The molecule has 1 unspecified atom stereocenters. The molecule has 0 saturated heterocycles. The van der Waals surface area contributed by atoms with E-state index in [2.05, 4.69) is 20.4 Å². The molecular formula is C18H28F2IN3O4S. The number of hydrogen-bond donors (Lipinski definition) is 3. The quantitative estimate of drug-likeness (QED) is 0.236. The molecule has 1 aromatic rings. The minimum atomic E-state index is -3.06. The number of halogens is 3. The fourth-order valence-corrected chi connectivity index (χ4v) is 4.34. The van der Waals surface area contributed by atoms with Crippen molar-refractivity contribution < 1.29 is 27.0 Å². The van der Waals surface area contributed by atoms with E-state index in [4.69, 9.17) is 0 Å². The van der Waals surface area contributed by atoms with Crippen LogP contribution < -0.4 is 15.4 Å². The summed E-state index contributed by atoms with van der Waals surface area (Å²) in [6.45, 7) is 0.165. The monoisotopic (exact) mass is 547 g/mol. The highest BCUT2D eigenvalue weighted by atomic mass is 127. The Balaban J connectivity index is 0.00000420. The lowest BCUT2D eigenvalue weighted by Gasteiger charge is -2.17. The van der Waals surface area contributed by atoms with E-state index in [1.54, 1.807) is 0 Å². The van der Waals surface area contributed by atoms with E-state index in [1.807, 2.05) is 6.92 Å². The molecule has 2 rings (SSSR count). The van der Waals surface area contributed by atoms with Gasteiger partial charge in [-0.25, -0.2) is 8.42 Å². The van der Waals surface area contributed by atoms with Crippen LogP contribution in [-0.4, -0.2) is 57.7 Å². The zero-order valence-corrected chi connectivity index (χ0v) is 19.5. The first-order chi connectivity index (χ1) is 13.1. The Morgan fingerprint density at radius 3 is 2.38 bits per heavy atom. The van der Waals surface area contributed by atoms with Crippen LogP contribution in [0.5, 0.6) is 5.75 Å². The molecule has 0 amide bonds. The van der Waals surface area contributed by atoms with E-state index < -0.39 is 22.6 Å². The minimum absolute atomic E-state index is 0. The van der Waals surface area contributed by atoms with Crippen molar-refractivity contribution in [1.29, 1.82) is 0 Å². The molecule has 1 aliphatic carbocycles. The molecule has 0 aliphatic heterocycles. The van der Waals surface area contributed by atoms with Crippen LogP contribution >= 0.6 is 24.0 Å². The lowest BCUT2D eigenvalue weighted by Crippen LogP contribution is -2.40. The minimum Gasteiger partial charge on any atom is -0.435 e. The maximum atomic E-state index is 12.2. The third kappa shape index (κ3) is 9.43. The van der Waals surface area contributed by atoms with E-state index in [0.717, 1.165) is 12.8 Å². The summed E-state index contributed by atoms with van der Waals surface area (Å²) in [6.07, 6.45) is 2.02. The van der Waals surface area contributed by atoms with Gasteiger partial charge in [0.15, 0.2) is 5.96 Å². The molecular weight excluding hydrogens is 519 g/mol. The molecule has 0 heterocycles. The molecule has 1 fully saturated rings. The van der Waals surface area contributed by atoms with E-state index in [0.29, 0.717) is 24.6 Å². The van der Waals surface area contributed by atoms with Crippen LogP contribution in [0, 0.1) is 5.41 Å². The Morgan fingerprint density at radius 1 is 1.28 bits per heavy atom. The third-order valence-corrected chi connectivity index (χ3v) is 5.53. The zero-order chi connectivity index (χ0) is 20.8. The average Bonchev–Trinajstić information content (AvgIpc) is 3.35. The number of benzene rings is 1. The second kappa shape index (κ2) is 11.3. The van der Waals surface area contributed by atoms with Gasteiger partial charge in [-0.05, 0) is 37.5 Å². The van der Waals surface area contributed by atoms with E-state index in [1.165, 1.54) is 30.5 Å². The van der Waals surface area contributed by atoms with Gasteiger partial charge in [0.05, 0.1) is 11.9 Å². The summed E-state index contributed by atoms with van der Waals surface area (Å²) in [5.74, 6) is 0.631. The molecule has 29 heavy (non-hydrogen) atoms. The fraction of sp³-hybridized carbons (Fsp3) is 0.611. The lowest BCUT2D eigenvalue weighted by molar-refractivity contribution is -0.0498. The Hall–Kier alpha value is -1.21. The number of rotatable bonds is 10. The summed E-state index contributed by atoms with van der Waals surface area (Å²) in [4.78, 5) is 4.46. The molecule has 1 aliphatic rings. The highest BCUT2D eigenvalue weighted by Crippen LogP contribution is 2.46. The van der Waals surface area contributed by atoms with Crippen LogP contribution in [0.3, 0.4) is 0 Å². The number of ether oxygens (including phenoxy) is 1. The standard InChI is InChI=1S/C18H27F2N3O4S.HI/c1-3-21-17(23-11-18(8-9-18)12-28(2,25)26)22-10-15(24)13-4-6-14(7-5-13)27-16(19)20;/h4-7,15-16,24H,3,8-12H2,1-2H3,(H2,21,22,23);1H. The van der Waals surface area contributed by atoms with Crippen LogP contribution in [0.1, 0.15) is 31.4 Å². The summed E-state index contributed by atoms with van der Waals surface area (Å²) in [5, 5.41) is 16.4. The molecule has 11 heteroatoms. The third-order valence-electron chi connectivity index (χ3n) is 4.40. The first-order valence-corrected chi connectivity index (χ1v) is 11.1. The Labute approximate surface area is 187 Å². The first-order valence-electron chi connectivity index (χ1n) is 9.05. The van der Waals surface area contributed by atoms with Crippen molar-refractivity contribution in [2.75, 3.05) is 31.6 Å². The highest BCUT2D eigenvalue weighted by molar-refractivity contribution is 14.0. The average molecular weight is 547 g/mol. The van der Waals surface area contributed by atoms with Gasteiger partial charge in [0, 0.05) is 31.3 Å². The van der Waals surface area contributed by atoms with Crippen molar-refractivity contribution >= 4 is 39.8 Å². The summed E-state index contributed by atoms with van der Waals surface area (Å²) < 4.78 is 51.7. The van der Waals surface area contributed by atoms with Crippen molar-refractivity contribution in [2.45, 2.75) is 32.5 Å². The largest absolute Gasteiger partial charge is 0.435 e. The smallest absolute Gasteiger partial charge is 0.387 e. The molecule has 166 valence electrons. The molecule has 0 radical (unpaired) electrons. The molecule has 1 aromatic carbocycles. The maximum absolute atomic E-state index is 12.2. The van der Waals surface area contributed by atoms with Crippen LogP contribution in [0.4, 0.5) is 8.78 Å². The van der Waals surface area contributed by atoms with Crippen molar-refractivity contribution in [3.63, 3.8) is 0 Å². The normalized spacial score (nSPS) is 16.7. The number of aliphatic hydroxyl groups excluding tert-OH is 1. The van der Waals surface area contributed by atoms with Crippen LogP contribution in [0.25, 0.3) is 0 Å². The van der Waals surface area contributed by atoms with Gasteiger partial charge in [-0.2, -0.15) is 8.78 Å². The lowest BCUT2D eigenvalue weighted by atomic mass is 10.1. The van der Waals surface area contributed by atoms with Crippen LogP contribution in [-0.2, 0) is 9.84 Å². The van der Waals surface area contributed by atoms with E-state index >= 15 is 0 Å². The van der Waals surface area contributed by atoms with Crippen molar-refractivity contribution in [3.05, 3.63) is 29.8 Å². The number of nitrogens with one attached hydrogen (secondary N) is 2. The second-order valence-electron chi connectivity index (χ2n) is 7.11. The topological polar surface area (TPSA) is 100 Å². The maximum Gasteiger partial charge on any atom is 0.387 e. The van der Waals surface area contributed by atoms with Gasteiger partial charge in [0.1, 0.15) is 15.6 Å². The van der Waals surface area contributed by atoms with Gasteiger partial charge in [0.25, 0.3) is 0 Å². The predicted molar refractivity (Wildman–Crippen MR) is 119 cm³/mol. The number of guanidine groups is 1. The van der Waals surface area contributed by atoms with Crippen molar-refractivity contribution in [2.24, 2.45) is 10.4 Å². The number of nitrogens with zero attached hydrogens (tertiary/aromatic N) is 1. The molecule has 1 atom stereocenters. The number of aliphatic hydroxyl groups is 1. The van der Waals surface area contributed by atoms with Crippen molar-refractivity contribution in [1.82, 2.24) is 10.6 Å². The van der Waals surface area contributed by atoms with Gasteiger partial charge in [-0.1, -0.05) is 12.1 Å². The Morgan fingerprint density at radius 2 is 1.90 bits per heavy atom. The first kappa shape index (κ1) is 25.8. The van der Waals surface area contributed by atoms with Gasteiger partial charge in [-0.3, -0.25) is 4.99 Å². The molecule has 1 saturated carbocycles. The Kier molecular flexibility index (Phi) is 10.0. The van der Waals surface area contributed by atoms with Crippen LogP contribution in [0.2, 0.25) is 0 Å². The number of hydrogen-bond acceptors (Lipinski definition) is 5. The summed E-state index contributed by atoms with van der Waals surface area (Å²) >= 11 is 0. The van der Waals surface area contributed by atoms with Crippen LogP contribution in [0.15, 0.2) is 29.3 Å². The van der Waals surface area contributed by atoms with Gasteiger partial charge in [-0.15, -0.1) is 24.0 Å². The fourth-order valence-electron chi connectivity index (χ4n) is 2.85. The number of sulfone groups is 1. The SMILES string of the molecule is CCNC(=NCC1(CS(C)(=O)=O)CC1)NCC(O)c1ccc(OC(F)F)cc1.I. The number of aliphatic imine (C=N–C) groups is 1. The van der Waals surface area contributed by atoms with Crippen molar-refractivity contribution in [3.8, 4) is 5.75 Å². The highest BCUT2D eigenvalue weighted by Gasteiger charge is 2.45. The molecule has 3 N–H and O–H groups in total.